The largest absolute Gasteiger partial charge is 0.262 e. The van der Waals surface area contributed by atoms with E-state index < -0.39 is 0 Å². The Hall–Kier alpha value is -0.570. The lowest BCUT2D eigenvalue weighted by Gasteiger charge is -1.70. The van der Waals surface area contributed by atoms with Gasteiger partial charge in [-0.1, -0.05) is 27.2 Å². The number of hydrogen-bond acceptors (Lipinski definition) is 3. The summed E-state index contributed by atoms with van der Waals surface area (Å²) in [6.07, 6.45) is 9.90. The smallest absolute Gasteiger partial charge is 0.0451 e. The second kappa shape index (κ2) is 17.5. The quantitative estimate of drug-likeness (QED) is 0.696. The molecule has 1 rings (SSSR count). The summed E-state index contributed by atoms with van der Waals surface area (Å²) in [5.41, 5.74) is 0. The summed E-state index contributed by atoms with van der Waals surface area (Å²) in [6.45, 7) is 6.39. The van der Waals surface area contributed by atoms with Crippen molar-refractivity contribution in [3.05, 3.63) is 24.8 Å². The zero-order valence-electron chi connectivity index (χ0n) is 9.03. The third-order valence-corrected chi connectivity index (χ3v) is 1.34. The predicted molar refractivity (Wildman–Crippen MR) is 62.1 cm³/mol. The van der Waals surface area contributed by atoms with Crippen LogP contribution in [0.15, 0.2) is 24.8 Å². The SMILES string of the molecule is CCC.CCSC.c1cnccn1. The van der Waals surface area contributed by atoms with Gasteiger partial charge < -0.3 is 0 Å². The highest BCUT2D eigenvalue weighted by atomic mass is 32.2. The summed E-state index contributed by atoms with van der Waals surface area (Å²) < 4.78 is 0. The molecule has 0 aliphatic carbocycles. The van der Waals surface area contributed by atoms with Crippen LogP contribution in [0, 0.1) is 0 Å². The van der Waals surface area contributed by atoms with Crippen LogP contribution in [-0.4, -0.2) is 22.0 Å². The van der Waals surface area contributed by atoms with Gasteiger partial charge in [-0.3, -0.25) is 9.97 Å². The van der Waals surface area contributed by atoms with Crippen molar-refractivity contribution in [2.45, 2.75) is 27.2 Å². The van der Waals surface area contributed by atoms with Gasteiger partial charge in [-0.15, -0.1) is 0 Å². The molecule has 0 bridgehead atoms. The Labute approximate surface area is 86.2 Å². The summed E-state index contributed by atoms with van der Waals surface area (Å²) in [7, 11) is 0. The highest BCUT2D eigenvalue weighted by Gasteiger charge is 1.59. The van der Waals surface area contributed by atoms with Crippen molar-refractivity contribution < 1.29 is 0 Å². The van der Waals surface area contributed by atoms with Crippen molar-refractivity contribution >= 4 is 11.8 Å². The fourth-order valence-electron chi connectivity index (χ4n) is 0.253. The van der Waals surface area contributed by atoms with Crippen molar-refractivity contribution in [1.29, 1.82) is 0 Å². The van der Waals surface area contributed by atoms with Gasteiger partial charge in [0.2, 0.25) is 0 Å². The Bertz CT molecular complexity index is 116. The van der Waals surface area contributed by atoms with E-state index in [0.29, 0.717) is 0 Å². The van der Waals surface area contributed by atoms with Crippen LogP contribution in [0.4, 0.5) is 0 Å². The molecule has 0 radical (unpaired) electrons. The molecule has 2 nitrogen and oxygen atoms in total. The number of aromatic nitrogens is 2. The summed E-state index contributed by atoms with van der Waals surface area (Å²) in [5.74, 6) is 1.24. The van der Waals surface area contributed by atoms with Crippen molar-refractivity contribution in [1.82, 2.24) is 9.97 Å². The molecule has 0 N–H and O–H groups in total. The molecular weight excluding hydrogens is 180 g/mol. The monoisotopic (exact) mass is 200 g/mol. The Morgan fingerprint density at radius 1 is 0.923 bits per heavy atom. The molecule has 0 spiro atoms. The predicted octanol–water partition coefficient (Wildman–Crippen LogP) is 3.26. The van der Waals surface area contributed by atoms with Crippen LogP contribution in [0.1, 0.15) is 27.2 Å². The van der Waals surface area contributed by atoms with Gasteiger partial charge in [-0.2, -0.15) is 11.8 Å². The minimum atomic E-state index is 1.24. The first kappa shape index (κ1) is 14.9. The minimum Gasteiger partial charge on any atom is -0.262 e. The summed E-state index contributed by atoms with van der Waals surface area (Å²) in [4.78, 5) is 7.44. The molecular formula is C10H20N2S. The average molecular weight is 200 g/mol. The highest BCUT2D eigenvalue weighted by Crippen LogP contribution is 1.83. The van der Waals surface area contributed by atoms with Crippen LogP contribution in [0.5, 0.6) is 0 Å². The van der Waals surface area contributed by atoms with Crippen LogP contribution < -0.4 is 0 Å². The molecule has 0 aromatic carbocycles. The zero-order valence-corrected chi connectivity index (χ0v) is 9.84. The summed E-state index contributed by atoms with van der Waals surface area (Å²) >= 11 is 1.86. The van der Waals surface area contributed by atoms with Gasteiger partial charge >= 0.3 is 0 Å². The van der Waals surface area contributed by atoms with E-state index >= 15 is 0 Å². The Kier molecular flexibility index (Phi) is 20.1. The van der Waals surface area contributed by atoms with E-state index in [9.17, 15) is 0 Å². The van der Waals surface area contributed by atoms with Crippen molar-refractivity contribution in [3.63, 3.8) is 0 Å². The number of thioether (sulfide) groups is 1. The molecule has 3 heteroatoms. The maximum Gasteiger partial charge on any atom is 0.0451 e. The van der Waals surface area contributed by atoms with Gasteiger partial charge in [-0.25, -0.2) is 0 Å². The second-order valence-electron chi connectivity index (χ2n) is 2.18. The lowest BCUT2D eigenvalue weighted by atomic mass is 10.6. The second-order valence-corrected chi connectivity index (χ2v) is 3.33. The fourth-order valence-corrected chi connectivity index (χ4v) is 0.253. The molecule has 0 aliphatic heterocycles. The lowest BCUT2D eigenvalue weighted by molar-refractivity contribution is 1.09. The van der Waals surface area contributed by atoms with Gasteiger partial charge in [0.25, 0.3) is 0 Å². The maximum atomic E-state index is 3.72. The first-order valence-corrected chi connectivity index (χ1v) is 5.91. The fraction of sp³-hybridized carbons (Fsp3) is 0.600. The van der Waals surface area contributed by atoms with Crippen LogP contribution in [0.3, 0.4) is 0 Å². The Morgan fingerprint density at radius 3 is 1.23 bits per heavy atom. The Morgan fingerprint density at radius 2 is 1.15 bits per heavy atom. The van der Waals surface area contributed by atoms with Crippen molar-refractivity contribution in [3.8, 4) is 0 Å². The van der Waals surface area contributed by atoms with E-state index in [1.54, 1.807) is 24.8 Å². The van der Waals surface area contributed by atoms with E-state index in [1.807, 2.05) is 11.8 Å². The first-order valence-electron chi connectivity index (χ1n) is 4.52. The minimum absolute atomic E-state index is 1.24. The molecule has 0 unspecified atom stereocenters. The Balaban J connectivity index is 0. The van der Waals surface area contributed by atoms with Gasteiger partial charge in [0.05, 0.1) is 0 Å². The van der Waals surface area contributed by atoms with E-state index in [-0.39, 0.29) is 0 Å². The maximum absolute atomic E-state index is 3.72. The molecule has 0 saturated heterocycles. The van der Waals surface area contributed by atoms with Crippen LogP contribution in [0.25, 0.3) is 0 Å². The lowest BCUT2D eigenvalue weighted by Crippen LogP contribution is -1.66. The molecule has 0 saturated carbocycles. The normalized spacial score (nSPS) is 7.38. The van der Waals surface area contributed by atoms with Gasteiger partial charge in [-0.05, 0) is 12.0 Å². The van der Waals surface area contributed by atoms with Gasteiger partial charge in [0, 0.05) is 24.8 Å². The van der Waals surface area contributed by atoms with Crippen LogP contribution in [0.2, 0.25) is 0 Å². The zero-order chi connectivity index (χ0) is 10.4. The summed E-state index contributed by atoms with van der Waals surface area (Å²) in [6, 6.07) is 0. The molecule has 0 amide bonds. The highest BCUT2D eigenvalue weighted by molar-refractivity contribution is 7.98. The average Bonchev–Trinajstić information content (AvgIpc) is 2.22. The number of nitrogens with zero attached hydrogens (tertiary/aromatic N) is 2. The van der Waals surface area contributed by atoms with Crippen molar-refractivity contribution in [2.24, 2.45) is 0 Å². The van der Waals surface area contributed by atoms with Gasteiger partial charge in [0.15, 0.2) is 0 Å². The van der Waals surface area contributed by atoms with E-state index in [0.717, 1.165) is 0 Å². The third kappa shape index (κ3) is 24.6. The van der Waals surface area contributed by atoms with Crippen LogP contribution in [-0.2, 0) is 0 Å². The van der Waals surface area contributed by atoms with Crippen LogP contribution >= 0.6 is 11.8 Å². The standard InChI is InChI=1S/C4H4N2.C3H8S.C3H8/c1-2-6-4-3-5-1;1-3-4-2;1-3-2/h1-4H;3H2,1-2H3;3H2,1-2H3. The summed E-state index contributed by atoms with van der Waals surface area (Å²) in [5, 5.41) is 0. The molecule has 0 aliphatic rings. The van der Waals surface area contributed by atoms with E-state index in [2.05, 4.69) is 37.0 Å². The molecule has 0 fully saturated rings. The van der Waals surface area contributed by atoms with E-state index in [1.165, 1.54) is 12.2 Å². The topological polar surface area (TPSA) is 25.8 Å². The molecule has 0 atom stereocenters. The van der Waals surface area contributed by atoms with Crippen molar-refractivity contribution in [2.75, 3.05) is 12.0 Å². The van der Waals surface area contributed by atoms with Gasteiger partial charge in [0.1, 0.15) is 0 Å². The molecule has 13 heavy (non-hydrogen) atoms. The molecule has 1 aromatic rings. The number of hydrogen-bond donors (Lipinski definition) is 0. The third-order valence-electron chi connectivity index (χ3n) is 0.766. The molecule has 76 valence electrons. The number of rotatable bonds is 1. The molecule has 1 heterocycles. The first-order chi connectivity index (χ1) is 6.33. The van der Waals surface area contributed by atoms with E-state index in [4.69, 9.17) is 0 Å². The molecule has 1 aromatic heterocycles.